The Bertz CT molecular complexity index is 4080. The van der Waals surface area contributed by atoms with Crippen molar-refractivity contribution < 1.29 is 4.42 Å². The molecule has 1 aliphatic carbocycles. The highest BCUT2D eigenvalue weighted by Gasteiger charge is 2.27. The molecule has 1 aliphatic rings. The predicted octanol–water partition coefficient (Wildman–Crippen LogP) is 20.1. The summed E-state index contributed by atoms with van der Waals surface area (Å²) in [6.07, 6.45) is 12.0. The van der Waals surface area contributed by atoms with Gasteiger partial charge in [-0.05, 0) is 137 Å². The van der Waals surface area contributed by atoms with E-state index in [4.69, 9.17) is 4.42 Å². The minimum absolute atomic E-state index is 0.734. The van der Waals surface area contributed by atoms with Crippen LogP contribution in [0.3, 0.4) is 0 Å². The number of allylic oxidation sites excluding steroid dienone is 3. The SMILES string of the molecule is Cc1cccc(-c2cc(N(/C=C\C=C(/CC3CCC3)c3ccccc3C)c3ccccc3)c3ccc4c(-c5cccc(C)c5)cc(N(c5ccccc5)c5cccc6c5oc5ccccc56)c5ccc2c3c45)c1. The lowest BCUT2D eigenvalue weighted by molar-refractivity contribution is 0.323. The van der Waals surface area contributed by atoms with Gasteiger partial charge in [-0.1, -0.05) is 200 Å². The highest BCUT2D eigenvalue weighted by atomic mass is 16.3. The minimum atomic E-state index is 0.734. The third-order valence-electron chi connectivity index (χ3n) is 15.4. The number of benzene rings is 11. The molecule has 0 N–H and O–H groups in total. The Morgan fingerprint density at radius 3 is 1.73 bits per heavy atom. The summed E-state index contributed by atoms with van der Waals surface area (Å²) in [7, 11) is 0. The van der Waals surface area contributed by atoms with Crippen molar-refractivity contribution in [3.8, 4) is 22.3 Å². The zero-order valence-corrected chi connectivity index (χ0v) is 41.6. The van der Waals surface area contributed by atoms with E-state index in [1.54, 1.807) is 0 Å². The lowest BCUT2D eigenvalue weighted by Gasteiger charge is -2.30. The van der Waals surface area contributed by atoms with Gasteiger partial charge in [-0.15, -0.1) is 0 Å². The number of hydrogen-bond acceptors (Lipinski definition) is 3. The van der Waals surface area contributed by atoms with Gasteiger partial charge in [0.05, 0.1) is 17.1 Å². The molecule has 0 bridgehead atoms. The van der Waals surface area contributed by atoms with Crippen LogP contribution in [0.1, 0.15) is 47.9 Å². The number of nitrogens with zero attached hydrogens (tertiary/aromatic N) is 2. The number of para-hydroxylation sites is 4. The van der Waals surface area contributed by atoms with Gasteiger partial charge >= 0.3 is 0 Å². The molecule has 0 atom stereocenters. The number of anilines is 5. The third kappa shape index (κ3) is 7.93. The first-order chi connectivity index (χ1) is 35.9. The van der Waals surface area contributed by atoms with Crippen LogP contribution in [-0.4, -0.2) is 0 Å². The Labute approximate surface area is 427 Å². The maximum absolute atomic E-state index is 6.87. The summed E-state index contributed by atoms with van der Waals surface area (Å²) in [5.41, 5.74) is 18.4. The molecule has 352 valence electrons. The monoisotopic (exact) mass is 940 g/mol. The molecule has 1 fully saturated rings. The van der Waals surface area contributed by atoms with Crippen LogP contribution in [0, 0.1) is 26.7 Å². The molecule has 12 aromatic rings. The van der Waals surface area contributed by atoms with Gasteiger partial charge in [0.25, 0.3) is 0 Å². The Hall–Kier alpha value is -8.66. The molecule has 13 rings (SSSR count). The van der Waals surface area contributed by atoms with Crippen molar-refractivity contribution in [3.05, 3.63) is 253 Å². The van der Waals surface area contributed by atoms with Crippen LogP contribution >= 0.6 is 0 Å². The van der Waals surface area contributed by atoms with E-state index in [1.165, 1.54) is 96.3 Å². The van der Waals surface area contributed by atoms with E-state index in [0.29, 0.717) is 0 Å². The molecule has 3 nitrogen and oxygen atoms in total. The van der Waals surface area contributed by atoms with Crippen LogP contribution in [-0.2, 0) is 0 Å². The van der Waals surface area contributed by atoms with Gasteiger partial charge in [0.1, 0.15) is 5.58 Å². The summed E-state index contributed by atoms with van der Waals surface area (Å²) in [6, 6.07) is 77.9. The molecule has 0 spiro atoms. The molecule has 0 radical (unpaired) electrons. The maximum Gasteiger partial charge on any atom is 0.159 e. The van der Waals surface area contributed by atoms with E-state index < -0.39 is 0 Å². The predicted molar refractivity (Wildman–Crippen MR) is 311 cm³/mol. The van der Waals surface area contributed by atoms with Crippen molar-refractivity contribution in [1.82, 2.24) is 0 Å². The van der Waals surface area contributed by atoms with Gasteiger partial charge in [-0.2, -0.15) is 0 Å². The Balaban J connectivity index is 1.12. The molecule has 0 aliphatic heterocycles. The van der Waals surface area contributed by atoms with Gasteiger partial charge in [-0.3, -0.25) is 0 Å². The van der Waals surface area contributed by atoms with Crippen molar-refractivity contribution in [1.29, 1.82) is 0 Å². The molecule has 3 heteroatoms. The summed E-state index contributed by atoms with van der Waals surface area (Å²) in [6.45, 7) is 6.63. The third-order valence-corrected chi connectivity index (χ3v) is 15.4. The van der Waals surface area contributed by atoms with Gasteiger partial charge < -0.3 is 14.2 Å². The van der Waals surface area contributed by atoms with Crippen molar-refractivity contribution >= 4 is 88.3 Å². The number of furan rings is 1. The van der Waals surface area contributed by atoms with Crippen LogP contribution in [0.2, 0.25) is 0 Å². The molecular formula is C70H56N2O. The second kappa shape index (κ2) is 18.5. The molecule has 73 heavy (non-hydrogen) atoms. The van der Waals surface area contributed by atoms with E-state index in [9.17, 15) is 0 Å². The largest absolute Gasteiger partial charge is 0.454 e. The van der Waals surface area contributed by atoms with Crippen molar-refractivity contribution in [2.75, 3.05) is 9.80 Å². The lowest BCUT2D eigenvalue weighted by atomic mass is 9.79. The van der Waals surface area contributed by atoms with Crippen molar-refractivity contribution in [3.63, 3.8) is 0 Å². The Morgan fingerprint density at radius 1 is 0.493 bits per heavy atom. The standard InChI is InChI=1S/C70H56N2O/c1-46-19-14-24-50(41-46)62-44-65(71(53-27-6-4-7-28-53)40-18-26-52(43-49-22-16-23-49)55-31-11-10-21-48(55)3)60-38-36-58-63(51-25-15-20-47(2)42-51)45-66(61-39-37-57(62)68(60)69(58)61)72(54-29-8-5-9-30-54)64-34-17-33-59-56-32-12-13-35-67(56)73-70(59)64/h4-15,17-21,24-42,44-45,49H,16,22-23,43H2,1-3H3/b40-18-,52-26+. The number of fused-ring (bicyclic) bond motifs is 3. The number of hydrogen-bond donors (Lipinski definition) is 0. The molecular weight excluding hydrogens is 885 g/mol. The van der Waals surface area contributed by atoms with Crippen molar-refractivity contribution in [2.24, 2.45) is 5.92 Å². The van der Waals surface area contributed by atoms with E-state index in [-0.39, 0.29) is 0 Å². The van der Waals surface area contributed by atoms with Crippen LogP contribution in [0.25, 0.3) is 82.1 Å². The second-order valence-electron chi connectivity index (χ2n) is 20.2. The summed E-state index contributed by atoms with van der Waals surface area (Å²) >= 11 is 0. The summed E-state index contributed by atoms with van der Waals surface area (Å²) in [5.74, 6) is 0.734. The molecule has 0 saturated heterocycles. The zero-order chi connectivity index (χ0) is 49.0. The first-order valence-corrected chi connectivity index (χ1v) is 25.9. The Morgan fingerprint density at radius 2 is 1.07 bits per heavy atom. The fourth-order valence-corrected chi connectivity index (χ4v) is 11.7. The molecule has 1 heterocycles. The van der Waals surface area contributed by atoms with E-state index >= 15 is 0 Å². The van der Waals surface area contributed by atoms with Gasteiger partial charge in [0.2, 0.25) is 0 Å². The van der Waals surface area contributed by atoms with Crippen LogP contribution in [0.4, 0.5) is 28.4 Å². The zero-order valence-electron chi connectivity index (χ0n) is 41.6. The maximum atomic E-state index is 6.87. The molecule has 11 aromatic carbocycles. The number of aryl methyl sites for hydroxylation is 3. The first-order valence-electron chi connectivity index (χ1n) is 25.9. The van der Waals surface area contributed by atoms with Gasteiger partial charge in [0, 0.05) is 49.9 Å². The highest BCUT2D eigenvalue weighted by molar-refractivity contribution is 6.32. The highest BCUT2D eigenvalue weighted by Crippen LogP contribution is 2.52. The summed E-state index contributed by atoms with van der Waals surface area (Å²) in [4.78, 5) is 4.85. The van der Waals surface area contributed by atoms with E-state index in [2.05, 4.69) is 261 Å². The number of rotatable bonds is 12. The second-order valence-corrected chi connectivity index (χ2v) is 20.2. The normalized spacial score (nSPS) is 13.3. The van der Waals surface area contributed by atoms with Crippen molar-refractivity contribution in [2.45, 2.75) is 46.5 Å². The van der Waals surface area contributed by atoms with Gasteiger partial charge in [-0.25, -0.2) is 0 Å². The molecule has 1 aromatic heterocycles. The van der Waals surface area contributed by atoms with Crippen LogP contribution in [0.5, 0.6) is 0 Å². The smallest absolute Gasteiger partial charge is 0.159 e. The van der Waals surface area contributed by atoms with E-state index in [0.717, 1.165) is 68.1 Å². The quantitative estimate of drug-likeness (QED) is 0.0899. The summed E-state index contributed by atoms with van der Waals surface area (Å²) in [5, 5.41) is 9.47. The summed E-state index contributed by atoms with van der Waals surface area (Å²) < 4.78 is 6.87. The molecule has 1 saturated carbocycles. The fourth-order valence-electron chi connectivity index (χ4n) is 11.7. The molecule has 0 amide bonds. The van der Waals surface area contributed by atoms with Gasteiger partial charge in [0.15, 0.2) is 5.58 Å². The van der Waals surface area contributed by atoms with Crippen LogP contribution < -0.4 is 9.80 Å². The topological polar surface area (TPSA) is 19.6 Å². The van der Waals surface area contributed by atoms with Crippen LogP contribution in [0.15, 0.2) is 235 Å². The minimum Gasteiger partial charge on any atom is -0.454 e. The average Bonchev–Trinajstić information content (AvgIpc) is 3.80. The first kappa shape index (κ1) is 44.3. The fraction of sp³-hybridized carbons (Fsp3) is 0.114. The molecule has 0 unspecified atom stereocenters. The average molecular weight is 941 g/mol. The van der Waals surface area contributed by atoms with E-state index in [1.807, 2.05) is 0 Å². The lowest BCUT2D eigenvalue weighted by Crippen LogP contribution is -2.12. The Kier molecular flexibility index (Phi) is 11.2.